The molecule has 0 saturated carbocycles. The first-order valence-corrected chi connectivity index (χ1v) is 8.44. The predicted molar refractivity (Wildman–Crippen MR) is 84.9 cm³/mol. The van der Waals surface area contributed by atoms with Gasteiger partial charge in [-0.05, 0) is 37.1 Å². The molecule has 0 amide bonds. The molecular weight excluding hydrogens is 285 g/mol. The molecule has 0 atom stereocenters. The Bertz CT molecular complexity index is 606. The van der Waals surface area contributed by atoms with Crippen molar-refractivity contribution in [3.8, 4) is 11.5 Å². The van der Waals surface area contributed by atoms with Gasteiger partial charge in [0.2, 0.25) is 0 Å². The highest BCUT2D eigenvalue weighted by Gasteiger charge is 2.28. The van der Waals surface area contributed by atoms with E-state index in [0.717, 1.165) is 11.1 Å². The zero-order chi connectivity index (χ0) is 15.3. The summed E-state index contributed by atoms with van der Waals surface area (Å²) < 4.78 is 24.2. The topological polar surface area (TPSA) is 47.6 Å². The maximum Gasteiger partial charge on any atom is 0.512 e. The molecule has 5 heteroatoms. The van der Waals surface area contributed by atoms with E-state index in [1.54, 1.807) is 12.1 Å². The van der Waals surface area contributed by atoms with Crippen molar-refractivity contribution < 1.29 is 13.6 Å². The van der Waals surface area contributed by atoms with E-state index < -0.39 is 7.75 Å². The van der Waals surface area contributed by atoms with Crippen LogP contribution in [-0.2, 0) is 4.57 Å². The fraction of sp³-hybridized carbons (Fsp3) is 0.250. The van der Waals surface area contributed by atoms with E-state index in [1.807, 2.05) is 57.2 Å². The van der Waals surface area contributed by atoms with Crippen molar-refractivity contribution in [2.24, 2.45) is 0 Å². The molecule has 112 valence electrons. The Morgan fingerprint density at radius 1 is 0.905 bits per heavy atom. The van der Waals surface area contributed by atoms with Gasteiger partial charge in [-0.3, -0.25) is 0 Å². The molecule has 0 radical (unpaired) electrons. The Labute approximate surface area is 125 Å². The molecule has 0 bridgehead atoms. The first kappa shape index (κ1) is 15.6. The molecule has 0 unspecified atom stereocenters. The van der Waals surface area contributed by atoms with Crippen LogP contribution in [0.2, 0.25) is 0 Å². The van der Waals surface area contributed by atoms with Crippen molar-refractivity contribution in [3.63, 3.8) is 0 Å². The normalized spacial score (nSPS) is 11.2. The molecule has 4 nitrogen and oxygen atoms in total. The van der Waals surface area contributed by atoms with Crippen LogP contribution in [0.5, 0.6) is 11.5 Å². The second kappa shape index (κ2) is 6.79. The summed E-state index contributed by atoms with van der Waals surface area (Å²) in [4.78, 5) is 0. The highest BCUT2D eigenvalue weighted by atomic mass is 31.2. The van der Waals surface area contributed by atoms with Gasteiger partial charge < -0.3 is 9.05 Å². The molecule has 0 fully saturated rings. The van der Waals surface area contributed by atoms with Crippen LogP contribution >= 0.6 is 7.75 Å². The largest absolute Gasteiger partial charge is 0.512 e. The van der Waals surface area contributed by atoms with Crippen LogP contribution in [0, 0.1) is 13.8 Å². The maximum atomic E-state index is 12.9. The van der Waals surface area contributed by atoms with Crippen molar-refractivity contribution >= 4 is 7.75 Å². The molecular formula is C16H20NO3P. The summed E-state index contributed by atoms with van der Waals surface area (Å²) in [5, 5.41) is 2.82. The number of aryl methyl sites for hydroxylation is 2. The summed E-state index contributed by atoms with van der Waals surface area (Å²) in [6.07, 6.45) is 0. The number of para-hydroxylation sites is 2. The van der Waals surface area contributed by atoms with E-state index in [0.29, 0.717) is 18.0 Å². The number of nitrogens with one attached hydrogen (secondary N) is 1. The van der Waals surface area contributed by atoms with E-state index in [4.69, 9.17) is 9.05 Å². The highest BCUT2D eigenvalue weighted by Crippen LogP contribution is 2.46. The van der Waals surface area contributed by atoms with E-state index >= 15 is 0 Å². The highest BCUT2D eigenvalue weighted by molar-refractivity contribution is 7.52. The van der Waals surface area contributed by atoms with Crippen LogP contribution in [0.1, 0.15) is 18.1 Å². The molecule has 0 aliphatic heterocycles. The summed E-state index contributed by atoms with van der Waals surface area (Å²) in [7, 11) is -3.47. The van der Waals surface area contributed by atoms with Gasteiger partial charge in [-0.15, -0.1) is 0 Å². The van der Waals surface area contributed by atoms with Gasteiger partial charge in [0.05, 0.1) is 0 Å². The smallest absolute Gasteiger partial charge is 0.404 e. The second-order valence-corrected chi connectivity index (χ2v) is 6.40. The Morgan fingerprint density at radius 2 is 1.33 bits per heavy atom. The SMILES string of the molecule is CCNP(=O)(Oc1ccccc1C)Oc1ccccc1C. The van der Waals surface area contributed by atoms with Crippen LogP contribution in [-0.4, -0.2) is 6.54 Å². The minimum absolute atomic E-state index is 0.481. The van der Waals surface area contributed by atoms with Gasteiger partial charge in [-0.2, -0.15) is 0 Å². The molecule has 2 rings (SSSR count). The van der Waals surface area contributed by atoms with Gasteiger partial charge in [0.1, 0.15) is 11.5 Å². The average Bonchev–Trinajstić information content (AvgIpc) is 2.44. The van der Waals surface area contributed by atoms with Crippen LogP contribution < -0.4 is 14.1 Å². The average molecular weight is 305 g/mol. The summed E-state index contributed by atoms with van der Waals surface area (Å²) in [5.41, 5.74) is 1.81. The molecule has 2 aromatic carbocycles. The molecule has 0 spiro atoms. The van der Waals surface area contributed by atoms with Gasteiger partial charge in [-0.1, -0.05) is 43.3 Å². The number of hydrogen-bond acceptors (Lipinski definition) is 3. The monoisotopic (exact) mass is 305 g/mol. The second-order valence-electron chi connectivity index (χ2n) is 4.72. The van der Waals surface area contributed by atoms with E-state index in [1.165, 1.54) is 0 Å². The van der Waals surface area contributed by atoms with Crippen LogP contribution in [0.15, 0.2) is 48.5 Å². The fourth-order valence-corrected chi connectivity index (χ4v) is 3.33. The minimum Gasteiger partial charge on any atom is -0.404 e. The summed E-state index contributed by atoms with van der Waals surface area (Å²) >= 11 is 0. The standard InChI is InChI=1S/C16H20NO3P/c1-4-17-21(18,19-15-11-7-5-9-13(15)2)20-16-12-8-6-10-14(16)3/h5-12H,4H2,1-3H3,(H,17,18). The lowest BCUT2D eigenvalue weighted by atomic mass is 10.2. The molecule has 0 aliphatic carbocycles. The zero-order valence-corrected chi connectivity index (χ0v) is 13.4. The van der Waals surface area contributed by atoms with Gasteiger partial charge in [0, 0.05) is 6.54 Å². The molecule has 0 saturated heterocycles. The van der Waals surface area contributed by atoms with Gasteiger partial charge >= 0.3 is 7.75 Å². The molecule has 1 N–H and O–H groups in total. The van der Waals surface area contributed by atoms with Crippen molar-refractivity contribution in [1.29, 1.82) is 0 Å². The van der Waals surface area contributed by atoms with Crippen molar-refractivity contribution in [3.05, 3.63) is 59.7 Å². The van der Waals surface area contributed by atoms with E-state index in [9.17, 15) is 4.57 Å². The summed E-state index contributed by atoms with van der Waals surface area (Å²) in [6, 6.07) is 14.9. The first-order chi connectivity index (χ1) is 10.0. The Kier molecular flexibility index (Phi) is 5.05. The quantitative estimate of drug-likeness (QED) is 0.799. The third kappa shape index (κ3) is 4.10. The Hall–Kier alpha value is -1.77. The summed E-state index contributed by atoms with van der Waals surface area (Å²) in [6.45, 7) is 6.14. The van der Waals surface area contributed by atoms with Crippen LogP contribution in [0.3, 0.4) is 0 Å². The van der Waals surface area contributed by atoms with Crippen molar-refractivity contribution in [2.45, 2.75) is 20.8 Å². The number of rotatable bonds is 6. The first-order valence-electron chi connectivity index (χ1n) is 6.89. The fourth-order valence-electron chi connectivity index (χ4n) is 1.85. The van der Waals surface area contributed by atoms with E-state index in [-0.39, 0.29) is 0 Å². The van der Waals surface area contributed by atoms with Gasteiger partial charge in [0.25, 0.3) is 0 Å². The number of benzene rings is 2. The maximum absolute atomic E-state index is 12.9. The Balaban J connectivity index is 2.27. The molecule has 0 heterocycles. The predicted octanol–water partition coefficient (Wildman–Crippen LogP) is 4.48. The van der Waals surface area contributed by atoms with Crippen molar-refractivity contribution in [2.75, 3.05) is 6.54 Å². The number of hydrogen-bond donors (Lipinski definition) is 1. The lowest BCUT2D eigenvalue weighted by molar-refractivity contribution is 0.370. The summed E-state index contributed by atoms with van der Waals surface area (Å²) in [5.74, 6) is 1.10. The van der Waals surface area contributed by atoms with Crippen LogP contribution in [0.4, 0.5) is 0 Å². The molecule has 2 aromatic rings. The van der Waals surface area contributed by atoms with E-state index in [2.05, 4.69) is 5.09 Å². The Morgan fingerprint density at radius 3 is 1.71 bits per heavy atom. The van der Waals surface area contributed by atoms with Crippen molar-refractivity contribution in [1.82, 2.24) is 5.09 Å². The molecule has 0 aromatic heterocycles. The minimum atomic E-state index is -3.47. The van der Waals surface area contributed by atoms with Crippen LogP contribution in [0.25, 0.3) is 0 Å². The molecule has 21 heavy (non-hydrogen) atoms. The lowest BCUT2D eigenvalue weighted by Crippen LogP contribution is -2.18. The molecule has 0 aliphatic rings. The van der Waals surface area contributed by atoms with Gasteiger partial charge in [-0.25, -0.2) is 9.65 Å². The third-order valence-electron chi connectivity index (χ3n) is 2.98. The van der Waals surface area contributed by atoms with Gasteiger partial charge in [0.15, 0.2) is 0 Å². The lowest BCUT2D eigenvalue weighted by Gasteiger charge is -2.21. The third-order valence-corrected chi connectivity index (χ3v) is 4.55. The zero-order valence-electron chi connectivity index (χ0n) is 12.5.